The molecule has 0 atom stereocenters. The van der Waals surface area contributed by atoms with Gasteiger partial charge in [0, 0.05) is 27.2 Å². The monoisotopic (exact) mass is 559 g/mol. The van der Waals surface area contributed by atoms with Gasteiger partial charge >= 0.3 is 0 Å². The highest BCUT2D eigenvalue weighted by Crippen LogP contribution is 2.48. The van der Waals surface area contributed by atoms with Gasteiger partial charge in [-0.05, 0) is 73.3 Å². The molecule has 2 aromatic heterocycles. The van der Waals surface area contributed by atoms with Gasteiger partial charge in [-0.25, -0.2) is 0 Å². The number of aromatic nitrogens is 1. The van der Waals surface area contributed by atoms with Crippen LogP contribution in [0.25, 0.3) is 98.3 Å². The van der Waals surface area contributed by atoms with E-state index in [0.29, 0.717) is 0 Å². The van der Waals surface area contributed by atoms with Crippen molar-refractivity contribution in [1.29, 1.82) is 0 Å². The summed E-state index contributed by atoms with van der Waals surface area (Å²) in [5.74, 6) is 0. The van der Waals surface area contributed by atoms with Crippen molar-refractivity contribution < 1.29 is 4.42 Å². The number of benzene rings is 8. The van der Waals surface area contributed by atoms with E-state index in [0.717, 1.165) is 38.4 Å². The van der Waals surface area contributed by atoms with Crippen LogP contribution in [0.3, 0.4) is 0 Å². The Morgan fingerprint density at radius 2 is 1.02 bits per heavy atom. The molecule has 1 N–H and O–H groups in total. The van der Waals surface area contributed by atoms with E-state index < -0.39 is 0 Å². The fraction of sp³-hybridized carbons (Fsp3) is 0. The number of nitrogens with one attached hydrogen (secondary N) is 1. The summed E-state index contributed by atoms with van der Waals surface area (Å²) in [5, 5.41) is 12.1. The minimum atomic E-state index is 0.910. The molecule has 0 aliphatic carbocycles. The lowest BCUT2D eigenvalue weighted by Crippen LogP contribution is -1.92. The predicted molar refractivity (Wildman–Crippen MR) is 186 cm³/mol. The lowest BCUT2D eigenvalue weighted by Gasteiger charge is -2.18. The molecule has 0 saturated heterocycles. The van der Waals surface area contributed by atoms with Crippen molar-refractivity contribution >= 4 is 76.1 Å². The van der Waals surface area contributed by atoms with Gasteiger partial charge in [0.25, 0.3) is 0 Å². The molecule has 0 fully saturated rings. The first-order valence-corrected chi connectivity index (χ1v) is 15.1. The number of hydrogen-bond acceptors (Lipinski definition) is 1. The van der Waals surface area contributed by atoms with Crippen LogP contribution in [-0.4, -0.2) is 4.98 Å². The zero-order valence-corrected chi connectivity index (χ0v) is 23.8. The standard InChI is InChI=1S/C42H25NO/c1-2-12-26-23-27(22-21-25(26)11-1)38-29-14-3-5-16-31(29)39(32-17-6-4-15-30(32)38)35-24-34-28-13-8-10-20-37(28)44-42(34)40-33-18-7-9-19-36(33)43-41(35)40/h1-24,43H. The van der Waals surface area contributed by atoms with Crippen LogP contribution in [0.2, 0.25) is 0 Å². The summed E-state index contributed by atoms with van der Waals surface area (Å²) >= 11 is 0. The highest BCUT2D eigenvalue weighted by Gasteiger charge is 2.23. The van der Waals surface area contributed by atoms with Crippen molar-refractivity contribution in [3.63, 3.8) is 0 Å². The van der Waals surface area contributed by atoms with Gasteiger partial charge in [-0.3, -0.25) is 0 Å². The molecule has 0 radical (unpaired) electrons. The topological polar surface area (TPSA) is 28.9 Å². The fourth-order valence-electron chi connectivity index (χ4n) is 7.46. The van der Waals surface area contributed by atoms with E-state index in [1.54, 1.807) is 0 Å². The Morgan fingerprint density at radius 1 is 0.432 bits per heavy atom. The summed E-state index contributed by atoms with van der Waals surface area (Å²) in [4.78, 5) is 3.82. The summed E-state index contributed by atoms with van der Waals surface area (Å²) in [6.07, 6.45) is 0. The van der Waals surface area contributed by atoms with E-state index in [-0.39, 0.29) is 0 Å². The second kappa shape index (κ2) is 8.82. The zero-order chi connectivity index (χ0) is 28.8. The van der Waals surface area contributed by atoms with Crippen LogP contribution in [0.1, 0.15) is 0 Å². The molecule has 0 amide bonds. The van der Waals surface area contributed by atoms with E-state index in [9.17, 15) is 0 Å². The van der Waals surface area contributed by atoms with Crippen LogP contribution in [0.15, 0.2) is 150 Å². The van der Waals surface area contributed by atoms with Crippen LogP contribution in [-0.2, 0) is 0 Å². The lowest BCUT2D eigenvalue weighted by molar-refractivity contribution is 0.673. The van der Waals surface area contributed by atoms with Gasteiger partial charge in [-0.15, -0.1) is 0 Å². The van der Waals surface area contributed by atoms with Gasteiger partial charge in [0.05, 0.1) is 10.9 Å². The fourth-order valence-corrected chi connectivity index (χ4v) is 7.46. The van der Waals surface area contributed by atoms with Crippen LogP contribution >= 0.6 is 0 Å². The second-order valence-electron chi connectivity index (χ2n) is 11.7. The molecule has 2 nitrogen and oxygen atoms in total. The first-order valence-electron chi connectivity index (χ1n) is 15.1. The third-order valence-corrected chi connectivity index (χ3v) is 9.36. The molecule has 8 aromatic carbocycles. The predicted octanol–water partition coefficient (Wildman–Crippen LogP) is 12.0. The highest BCUT2D eigenvalue weighted by atomic mass is 16.3. The average molecular weight is 560 g/mol. The van der Waals surface area contributed by atoms with Gasteiger partial charge in [0.1, 0.15) is 11.2 Å². The summed E-state index contributed by atoms with van der Waals surface area (Å²) in [6.45, 7) is 0. The summed E-state index contributed by atoms with van der Waals surface area (Å²) in [7, 11) is 0. The minimum Gasteiger partial charge on any atom is -0.455 e. The lowest BCUT2D eigenvalue weighted by atomic mass is 9.84. The quantitative estimate of drug-likeness (QED) is 0.210. The van der Waals surface area contributed by atoms with E-state index >= 15 is 0 Å². The van der Waals surface area contributed by atoms with Gasteiger partial charge in [0.2, 0.25) is 0 Å². The molecule has 44 heavy (non-hydrogen) atoms. The highest BCUT2D eigenvalue weighted by molar-refractivity contribution is 6.30. The first kappa shape index (κ1) is 23.7. The first-order chi connectivity index (χ1) is 21.8. The Hall–Kier alpha value is -5.86. The van der Waals surface area contributed by atoms with Gasteiger partial charge in [-0.1, -0.05) is 121 Å². The van der Waals surface area contributed by atoms with Crippen molar-refractivity contribution in [3.05, 3.63) is 146 Å². The van der Waals surface area contributed by atoms with Crippen molar-refractivity contribution in [2.45, 2.75) is 0 Å². The van der Waals surface area contributed by atoms with E-state index in [2.05, 4.69) is 145 Å². The Labute approximate surface area is 252 Å². The third-order valence-electron chi connectivity index (χ3n) is 9.36. The molecule has 10 aromatic rings. The van der Waals surface area contributed by atoms with Gasteiger partial charge in [0.15, 0.2) is 0 Å². The van der Waals surface area contributed by atoms with E-state index in [1.807, 2.05) is 6.07 Å². The molecule has 10 rings (SSSR count). The third kappa shape index (κ3) is 3.20. The molecule has 204 valence electrons. The van der Waals surface area contributed by atoms with Crippen LogP contribution in [0.4, 0.5) is 0 Å². The second-order valence-corrected chi connectivity index (χ2v) is 11.7. The molecule has 0 saturated carbocycles. The van der Waals surface area contributed by atoms with Gasteiger partial charge in [-0.2, -0.15) is 0 Å². The molecule has 2 heterocycles. The van der Waals surface area contributed by atoms with Crippen molar-refractivity contribution in [3.8, 4) is 22.3 Å². The number of H-pyrrole nitrogens is 1. The maximum Gasteiger partial charge on any atom is 0.145 e. The van der Waals surface area contributed by atoms with Crippen LogP contribution < -0.4 is 0 Å². The number of rotatable bonds is 2. The molecule has 0 unspecified atom stereocenters. The van der Waals surface area contributed by atoms with Crippen LogP contribution in [0.5, 0.6) is 0 Å². The maximum atomic E-state index is 6.59. The summed E-state index contributed by atoms with van der Waals surface area (Å²) < 4.78 is 6.59. The number of furan rings is 1. The average Bonchev–Trinajstić information content (AvgIpc) is 3.65. The van der Waals surface area contributed by atoms with Crippen LogP contribution in [0, 0.1) is 0 Å². The number of hydrogen-bond donors (Lipinski definition) is 1. The van der Waals surface area contributed by atoms with E-state index in [4.69, 9.17) is 4.42 Å². The van der Waals surface area contributed by atoms with Crippen molar-refractivity contribution in [1.82, 2.24) is 4.98 Å². The maximum absolute atomic E-state index is 6.59. The summed E-state index contributed by atoms with van der Waals surface area (Å²) in [5.41, 5.74) is 8.99. The molecular formula is C42H25NO. The molecule has 0 aliphatic heterocycles. The SMILES string of the molecule is c1ccc2cc(-c3c4ccccc4c(-c4cc5c6ccccc6oc5c5c4[nH]c4ccccc45)c4ccccc34)ccc2c1. The molecule has 0 bridgehead atoms. The van der Waals surface area contributed by atoms with Gasteiger partial charge < -0.3 is 9.40 Å². The normalized spacial score (nSPS) is 12.1. The summed E-state index contributed by atoms with van der Waals surface area (Å²) in [6, 6.07) is 52.5. The Kier molecular flexibility index (Phi) is 4.75. The van der Waals surface area contributed by atoms with E-state index in [1.165, 1.54) is 60.0 Å². The molecule has 0 spiro atoms. The minimum absolute atomic E-state index is 0.910. The molecule has 0 aliphatic rings. The largest absolute Gasteiger partial charge is 0.455 e. The van der Waals surface area contributed by atoms with Crippen molar-refractivity contribution in [2.75, 3.05) is 0 Å². The Balaban J connectivity index is 1.41. The number of para-hydroxylation sites is 2. The number of fused-ring (bicyclic) bond motifs is 10. The Bertz CT molecular complexity index is 2720. The van der Waals surface area contributed by atoms with Crippen molar-refractivity contribution in [2.24, 2.45) is 0 Å². The number of aromatic amines is 1. The molecule has 2 heteroatoms. The Morgan fingerprint density at radius 3 is 1.77 bits per heavy atom. The zero-order valence-electron chi connectivity index (χ0n) is 23.8. The smallest absolute Gasteiger partial charge is 0.145 e. The molecular weight excluding hydrogens is 534 g/mol.